The van der Waals surface area contributed by atoms with E-state index in [-0.39, 0.29) is 6.61 Å². The van der Waals surface area contributed by atoms with Crippen molar-refractivity contribution in [2.24, 2.45) is 0 Å². The molecule has 0 atom stereocenters. The molecule has 0 spiro atoms. The first-order chi connectivity index (χ1) is 5.41. The van der Waals surface area contributed by atoms with Gasteiger partial charge in [-0.3, -0.25) is 0 Å². The lowest BCUT2D eigenvalue weighted by atomic mass is 10.2. The third-order valence-corrected chi connectivity index (χ3v) is 2.17. The monoisotopic (exact) mass is 272 g/mol. The van der Waals surface area contributed by atoms with E-state index in [0.29, 0.717) is 6.61 Å². The molecule has 0 heterocycles. The quantitative estimate of drug-likeness (QED) is 0.416. The van der Waals surface area contributed by atoms with Crippen molar-refractivity contribution in [2.75, 3.05) is 24.2 Å². The second-order valence-corrected chi connectivity index (χ2v) is 3.52. The summed E-state index contributed by atoms with van der Waals surface area (Å²) in [5, 5.41) is 8.38. The zero-order chi connectivity index (χ0) is 8.36. The number of aliphatic hydroxyl groups excluding tert-OH is 1. The Bertz CT molecular complexity index is 61.1. The Morgan fingerprint density at radius 2 is 1.73 bits per heavy atom. The van der Waals surface area contributed by atoms with Crippen LogP contribution in [0.2, 0.25) is 0 Å². The zero-order valence-electron chi connectivity index (χ0n) is 6.89. The summed E-state index contributed by atoms with van der Waals surface area (Å²) in [6, 6.07) is 0. The number of hydrogen-bond donors (Lipinski definition) is 1. The first-order valence-corrected chi connectivity index (χ1v) is 5.69. The molecule has 11 heavy (non-hydrogen) atoms. The molecule has 0 rings (SSSR count). The van der Waals surface area contributed by atoms with Crippen LogP contribution in [0.3, 0.4) is 0 Å². The van der Waals surface area contributed by atoms with Gasteiger partial charge in [-0.2, -0.15) is 0 Å². The number of rotatable bonds is 8. The van der Waals surface area contributed by atoms with Crippen molar-refractivity contribution in [3.8, 4) is 0 Å². The first kappa shape index (κ1) is 11.6. The molecular weight excluding hydrogens is 255 g/mol. The fourth-order valence-corrected chi connectivity index (χ4v) is 1.36. The summed E-state index contributed by atoms with van der Waals surface area (Å²) in [5.74, 6) is 0. The van der Waals surface area contributed by atoms with E-state index in [9.17, 15) is 0 Å². The Kier molecular flexibility index (Phi) is 11.3. The number of aliphatic hydroxyl groups is 1. The summed E-state index contributed by atoms with van der Waals surface area (Å²) in [7, 11) is 0. The Labute approximate surface area is 82.5 Å². The molecule has 0 aliphatic heterocycles. The molecule has 0 bridgehead atoms. The molecule has 0 aromatic carbocycles. The van der Waals surface area contributed by atoms with Gasteiger partial charge in [0.15, 0.2) is 0 Å². The predicted molar refractivity (Wildman–Crippen MR) is 55.3 cm³/mol. The van der Waals surface area contributed by atoms with Crippen LogP contribution < -0.4 is 0 Å². The summed E-state index contributed by atoms with van der Waals surface area (Å²) >= 11 is 2.40. The average Bonchev–Trinajstić information content (AvgIpc) is 2.03. The highest BCUT2D eigenvalue weighted by molar-refractivity contribution is 14.1. The summed E-state index contributed by atoms with van der Waals surface area (Å²) in [6.07, 6.45) is 5.02. The van der Waals surface area contributed by atoms with Crippen LogP contribution >= 0.6 is 22.6 Å². The van der Waals surface area contributed by atoms with Crippen LogP contribution in [-0.4, -0.2) is 29.4 Å². The molecule has 0 amide bonds. The summed E-state index contributed by atoms with van der Waals surface area (Å²) in [6.45, 7) is 1.45. The SMILES string of the molecule is OCCOCCCCCCI. The van der Waals surface area contributed by atoms with Crippen LogP contribution in [0.4, 0.5) is 0 Å². The molecule has 68 valence electrons. The fourth-order valence-electron chi connectivity index (χ4n) is 0.819. The van der Waals surface area contributed by atoms with Gasteiger partial charge in [-0.1, -0.05) is 35.4 Å². The van der Waals surface area contributed by atoms with Gasteiger partial charge in [0.25, 0.3) is 0 Å². The van der Waals surface area contributed by atoms with Gasteiger partial charge in [0, 0.05) is 6.61 Å². The zero-order valence-corrected chi connectivity index (χ0v) is 9.05. The van der Waals surface area contributed by atoms with E-state index in [2.05, 4.69) is 22.6 Å². The molecule has 0 fully saturated rings. The van der Waals surface area contributed by atoms with Crippen molar-refractivity contribution in [3.63, 3.8) is 0 Å². The third-order valence-electron chi connectivity index (χ3n) is 1.41. The van der Waals surface area contributed by atoms with Crippen LogP contribution in [0, 0.1) is 0 Å². The van der Waals surface area contributed by atoms with Gasteiger partial charge in [-0.25, -0.2) is 0 Å². The van der Waals surface area contributed by atoms with Crippen molar-refractivity contribution in [1.29, 1.82) is 0 Å². The molecule has 0 unspecified atom stereocenters. The van der Waals surface area contributed by atoms with Crippen LogP contribution in [0.1, 0.15) is 25.7 Å². The van der Waals surface area contributed by atoms with E-state index in [1.807, 2.05) is 0 Å². The summed E-state index contributed by atoms with van der Waals surface area (Å²) in [5.41, 5.74) is 0. The molecule has 1 N–H and O–H groups in total. The maximum Gasteiger partial charge on any atom is 0.0697 e. The molecule has 0 saturated heterocycles. The normalized spacial score (nSPS) is 10.4. The van der Waals surface area contributed by atoms with Gasteiger partial charge < -0.3 is 9.84 Å². The molecule has 0 aromatic heterocycles. The molecule has 0 saturated carbocycles. The van der Waals surface area contributed by atoms with Gasteiger partial charge >= 0.3 is 0 Å². The van der Waals surface area contributed by atoms with E-state index in [1.165, 1.54) is 23.7 Å². The lowest BCUT2D eigenvalue weighted by molar-refractivity contribution is 0.0896. The number of hydrogen-bond acceptors (Lipinski definition) is 2. The minimum absolute atomic E-state index is 0.147. The van der Waals surface area contributed by atoms with E-state index in [4.69, 9.17) is 9.84 Å². The Hall–Kier alpha value is 0.650. The molecule has 0 aromatic rings. The average molecular weight is 272 g/mol. The van der Waals surface area contributed by atoms with E-state index < -0.39 is 0 Å². The molecular formula is C8H17IO2. The van der Waals surface area contributed by atoms with Crippen LogP contribution in [0.15, 0.2) is 0 Å². The van der Waals surface area contributed by atoms with Crippen molar-refractivity contribution in [3.05, 3.63) is 0 Å². The van der Waals surface area contributed by atoms with Crippen LogP contribution in [0.25, 0.3) is 0 Å². The highest BCUT2D eigenvalue weighted by Gasteiger charge is 1.89. The summed E-state index contributed by atoms with van der Waals surface area (Å²) in [4.78, 5) is 0. The van der Waals surface area contributed by atoms with E-state index in [1.54, 1.807) is 0 Å². The number of unbranched alkanes of at least 4 members (excludes halogenated alkanes) is 3. The molecule has 0 aliphatic carbocycles. The van der Waals surface area contributed by atoms with Crippen LogP contribution in [-0.2, 0) is 4.74 Å². The Morgan fingerprint density at radius 1 is 1.00 bits per heavy atom. The van der Waals surface area contributed by atoms with Gasteiger partial charge in [0.2, 0.25) is 0 Å². The Balaban J connectivity index is 2.69. The highest BCUT2D eigenvalue weighted by Crippen LogP contribution is 2.01. The lowest BCUT2D eigenvalue weighted by Gasteiger charge is -2.00. The predicted octanol–water partition coefficient (Wildman–Crippen LogP) is 1.99. The second kappa shape index (κ2) is 10.7. The second-order valence-electron chi connectivity index (χ2n) is 2.44. The molecule has 3 heteroatoms. The van der Waals surface area contributed by atoms with Crippen molar-refractivity contribution >= 4 is 22.6 Å². The van der Waals surface area contributed by atoms with Crippen LogP contribution in [0.5, 0.6) is 0 Å². The van der Waals surface area contributed by atoms with Crippen molar-refractivity contribution in [2.45, 2.75) is 25.7 Å². The third kappa shape index (κ3) is 10.7. The minimum Gasteiger partial charge on any atom is -0.394 e. The molecule has 2 nitrogen and oxygen atoms in total. The van der Waals surface area contributed by atoms with Crippen molar-refractivity contribution in [1.82, 2.24) is 0 Å². The first-order valence-electron chi connectivity index (χ1n) is 4.16. The standard InChI is InChI=1S/C8H17IO2/c9-5-3-1-2-4-7-11-8-6-10/h10H,1-8H2. The largest absolute Gasteiger partial charge is 0.394 e. The van der Waals surface area contributed by atoms with Gasteiger partial charge in [0.1, 0.15) is 0 Å². The highest BCUT2D eigenvalue weighted by atomic mass is 127. The summed E-state index contributed by atoms with van der Waals surface area (Å²) < 4.78 is 6.37. The number of ether oxygens (including phenoxy) is 1. The van der Waals surface area contributed by atoms with E-state index >= 15 is 0 Å². The Morgan fingerprint density at radius 3 is 2.36 bits per heavy atom. The number of alkyl halides is 1. The fraction of sp³-hybridized carbons (Fsp3) is 1.00. The van der Waals surface area contributed by atoms with Gasteiger partial charge in [-0.05, 0) is 17.3 Å². The maximum absolute atomic E-state index is 8.38. The molecule has 0 aliphatic rings. The van der Waals surface area contributed by atoms with E-state index in [0.717, 1.165) is 13.0 Å². The minimum atomic E-state index is 0.147. The lowest BCUT2D eigenvalue weighted by Crippen LogP contribution is -2.00. The molecule has 0 radical (unpaired) electrons. The van der Waals surface area contributed by atoms with Gasteiger partial charge in [-0.15, -0.1) is 0 Å². The smallest absolute Gasteiger partial charge is 0.0697 e. The van der Waals surface area contributed by atoms with Crippen molar-refractivity contribution < 1.29 is 9.84 Å². The van der Waals surface area contributed by atoms with Gasteiger partial charge in [0.05, 0.1) is 13.2 Å². The topological polar surface area (TPSA) is 29.5 Å². The number of halogens is 1. The maximum atomic E-state index is 8.38.